The average molecular weight is 932 g/mol. The molecule has 0 aromatic rings. The van der Waals surface area contributed by atoms with E-state index in [1.807, 2.05) is 0 Å². The zero-order chi connectivity index (χ0) is 47.7. The Balaban J connectivity index is 3.33. The minimum atomic E-state index is -0.764. The number of unbranched alkanes of at least 4 members (excludes halogenated alkanes) is 47. The van der Waals surface area contributed by atoms with Crippen molar-refractivity contribution in [2.45, 2.75) is 354 Å². The highest BCUT2D eigenvalue weighted by Crippen LogP contribution is 2.18. The van der Waals surface area contributed by atoms with Crippen LogP contribution in [0.1, 0.15) is 348 Å². The number of rotatable bonds is 57. The van der Waals surface area contributed by atoms with Crippen molar-refractivity contribution in [1.82, 2.24) is 0 Å². The van der Waals surface area contributed by atoms with E-state index in [0.717, 1.165) is 32.1 Å². The van der Waals surface area contributed by atoms with Gasteiger partial charge in [-0.25, -0.2) is 0 Å². The normalized spacial score (nSPS) is 12.1. The lowest BCUT2D eigenvalue weighted by Crippen LogP contribution is -2.28. The molecular weight excluding hydrogens is 813 g/mol. The van der Waals surface area contributed by atoms with Gasteiger partial charge in [-0.05, 0) is 38.5 Å². The van der Waals surface area contributed by atoms with E-state index in [-0.39, 0.29) is 25.2 Å². The summed E-state index contributed by atoms with van der Waals surface area (Å²) in [7, 11) is 0. The molecule has 1 atom stereocenters. The fourth-order valence-electron chi connectivity index (χ4n) is 9.50. The predicted octanol–water partition coefficient (Wildman–Crippen LogP) is 20.3. The third kappa shape index (κ3) is 55.2. The molecule has 0 rings (SSSR count). The summed E-state index contributed by atoms with van der Waals surface area (Å²) in [6, 6.07) is 0. The molecule has 0 aromatic carbocycles. The number of aliphatic hydroxyl groups excluding tert-OH is 1. The van der Waals surface area contributed by atoms with E-state index in [1.165, 1.54) is 289 Å². The summed E-state index contributed by atoms with van der Waals surface area (Å²) in [5.74, 6) is -0.569. The third-order valence-electron chi connectivity index (χ3n) is 14.1. The van der Waals surface area contributed by atoms with E-state index < -0.39 is 6.10 Å². The molecule has 0 saturated carbocycles. The Kier molecular flexibility index (Phi) is 56.8. The third-order valence-corrected chi connectivity index (χ3v) is 14.1. The summed E-state index contributed by atoms with van der Waals surface area (Å²) in [5.41, 5.74) is 0. The quantitative estimate of drug-likeness (QED) is 0.0374. The highest BCUT2D eigenvalue weighted by Gasteiger charge is 2.16. The highest BCUT2D eigenvalue weighted by molar-refractivity contribution is 5.70. The number of hydrogen-bond acceptors (Lipinski definition) is 5. The maximum atomic E-state index is 12.3. The van der Waals surface area contributed by atoms with E-state index in [4.69, 9.17) is 9.47 Å². The van der Waals surface area contributed by atoms with Gasteiger partial charge in [-0.2, -0.15) is 0 Å². The monoisotopic (exact) mass is 931 g/mol. The first-order valence-corrected chi connectivity index (χ1v) is 30.2. The fraction of sp³-hybridized carbons (Fsp3) is 0.934. The molecule has 0 bridgehead atoms. The number of aliphatic hydroxyl groups is 1. The van der Waals surface area contributed by atoms with Crippen LogP contribution in [0.2, 0.25) is 0 Å². The van der Waals surface area contributed by atoms with Gasteiger partial charge in [-0.1, -0.05) is 309 Å². The minimum Gasteiger partial charge on any atom is -0.462 e. The number of carbonyl (C=O) groups excluding carboxylic acids is 2. The second kappa shape index (κ2) is 58.0. The largest absolute Gasteiger partial charge is 0.462 e. The molecule has 0 aliphatic rings. The molecule has 0 heterocycles. The molecule has 0 saturated heterocycles. The Bertz CT molecular complexity index is 963. The summed E-state index contributed by atoms with van der Waals surface area (Å²) in [6.45, 7) is 4.18. The van der Waals surface area contributed by atoms with Gasteiger partial charge in [0.05, 0.1) is 6.61 Å². The fourth-order valence-corrected chi connectivity index (χ4v) is 9.50. The van der Waals surface area contributed by atoms with Gasteiger partial charge < -0.3 is 14.6 Å². The molecule has 5 heteroatoms. The van der Waals surface area contributed by atoms with Crippen LogP contribution in [0.15, 0.2) is 12.2 Å². The molecule has 0 aliphatic heterocycles. The van der Waals surface area contributed by atoms with Crippen molar-refractivity contribution in [2.75, 3.05) is 13.2 Å². The Morgan fingerprint density at radius 2 is 0.561 bits per heavy atom. The van der Waals surface area contributed by atoms with Crippen molar-refractivity contribution in [3.05, 3.63) is 12.2 Å². The number of allylic oxidation sites excluding steroid dienone is 2. The summed E-state index contributed by atoms with van der Waals surface area (Å²) in [4.78, 5) is 24.4. The van der Waals surface area contributed by atoms with Gasteiger partial charge in [0.2, 0.25) is 0 Å². The lowest BCUT2D eigenvalue weighted by atomic mass is 10.0. The van der Waals surface area contributed by atoms with Crippen molar-refractivity contribution in [3.8, 4) is 0 Å². The van der Waals surface area contributed by atoms with Crippen LogP contribution >= 0.6 is 0 Å². The second-order valence-electron chi connectivity index (χ2n) is 20.8. The molecule has 1 unspecified atom stereocenters. The maximum Gasteiger partial charge on any atom is 0.306 e. The molecule has 0 aliphatic carbocycles. The van der Waals surface area contributed by atoms with Crippen LogP contribution in [-0.2, 0) is 19.1 Å². The summed E-state index contributed by atoms with van der Waals surface area (Å²) >= 11 is 0. The van der Waals surface area contributed by atoms with Crippen molar-refractivity contribution in [1.29, 1.82) is 0 Å². The lowest BCUT2D eigenvalue weighted by Gasteiger charge is -2.15. The number of hydrogen-bond donors (Lipinski definition) is 1. The smallest absolute Gasteiger partial charge is 0.306 e. The van der Waals surface area contributed by atoms with Gasteiger partial charge >= 0.3 is 11.9 Å². The SMILES string of the molecule is CCCCCCCCCC/C=C\CCCCCCCCCCCCCCCCCCCCCCCCCCCCCC(=O)OC(CO)COC(=O)CCCCCCCCCCCCCCC. The number of esters is 2. The molecule has 1 N–H and O–H groups in total. The molecule has 0 fully saturated rings. The molecular formula is C61H118O5. The molecule has 5 nitrogen and oxygen atoms in total. The van der Waals surface area contributed by atoms with Gasteiger partial charge in [0.15, 0.2) is 6.10 Å². The van der Waals surface area contributed by atoms with E-state index in [1.54, 1.807) is 0 Å². The topological polar surface area (TPSA) is 72.8 Å². The van der Waals surface area contributed by atoms with Crippen LogP contribution in [-0.4, -0.2) is 36.4 Å². The molecule has 0 amide bonds. The lowest BCUT2D eigenvalue weighted by molar-refractivity contribution is -0.161. The van der Waals surface area contributed by atoms with E-state index in [9.17, 15) is 14.7 Å². The summed E-state index contributed by atoms with van der Waals surface area (Å²) in [5, 5.41) is 9.63. The van der Waals surface area contributed by atoms with Crippen LogP contribution < -0.4 is 0 Å². The molecule has 0 spiro atoms. The first-order valence-electron chi connectivity index (χ1n) is 30.2. The van der Waals surface area contributed by atoms with Crippen LogP contribution in [0.3, 0.4) is 0 Å². The standard InChI is InChI=1S/C61H118O5/c1-3-5-7-9-11-13-15-17-18-19-20-21-22-23-24-25-26-27-28-29-30-31-32-33-34-35-36-37-38-39-40-41-42-44-46-48-50-52-54-56-61(64)66-59(57-62)58-65-60(63)55-53-51-49-47-45-43-16-14-12-10-8-6-4-2/h19-20,59,62H,3-18,21-58H2,1-2H3/b20-19-. The van der Waals surface area contributed by atoms with Crippen molar-refractivity contribution >= 4 is 11.9 Å². The Morgan fingerprint density at radius 1 is 0.333 bits per heavy atom. The Labute approximate surface area is 413 Å². The molecule has 0 aromatic heterocycles. The number of carbonyl (C=O) groups is 2. The maximum absolute atomic E-state index is 12.3. The zero-order valence-electron chi connectivity index (χ0n) is 45.0. The van der Waals surface area contributed by atoms with Crippen LogP contribution in [0, 0.1) is 0 Å². The van der Waals surface area contributed by atoms with Crippen LogP contribution in [0.4, 0.5) is 0 Å². The van der Waals surface area contributed by atoms with E-state index in [0.29, 0.717) is 12.8 Å². The average Bonchev–Trinajstić information content (AvgIpc) is 3.32. The van der Waals surface area contributed by atoms with Gasteiger partial charge in [0, 0.05) is 12.8 Å². The Hall–Kier alpha value is -1.36. The molecule has 392 valence electrons. The second-order valence-corrected chi connectivity index (χ2v) is 20.8. The molecule has 66 heavy (non-hydrogen) atoms. The van der Waals surface area contributed by atoms with Crippen LogP contribution in [0.5, 0.6) is 0 Å². The number of ether oxygens (including phenoxy) is 2. The first kappa shape index (κ1) is 64.6. The van der Waals surface area contributed by atoms with Gasteiger partial charge in [0.1, 0.15) is 6.61 Å². The van der Waals surface area contributed by atoms with Crippen molar-refractivity contribution < 1.29 is 24.2 Å². The summed E-state index contributed by atoms with van der Waals surface area (Å²) in [6.07, 6.45) is 72.3. The van der Waals surface area contributed by atoms with Gasteiger partial charge in [-0.15, -0.1) is 0 Å². The van der Waals surface area contributed by atoms with Gasteiger partial charge in [-0.3, -0.25) is 9.59 Å². The van der Waals surface area contributed by atoms with E-state index in [2.05, 4.69) is 26.0 Å². The van der Waals surface area contributed by atoms with Crippen molar-refractivity contribution in [2.24, 2.45) is 0 Å². The zero-order valence-corrected chi connectivity index (χ0v) is 45.0. The van der Waals surface area contributed by atoms with Gasteiger partial charge in [0.25, 0.3) is 0 Å². The van der Waals surface area contributed by atoms with E-state index >= 15 is 0 Å². The molecule has 0 radical (unpaired) electrons. The minimum absolute atomic E-state index is 0.0571. The van der Waals surface area contributed by atoms with Crippen molar-refractivity contribution in [3.63, 3.8) is 0 Å². The predicted molar refractivity (Wildman–Crippen MR) is 288 cm³/mol. The Morgan fingerprint density at radius 3 is 0.818 bits per heavy atom. The summed E-state index contributed by atoms with van der Waals surface area (Å²) < 4.78 is 10.7. The highest BCUT2D eigenvalue weighted by atomic mass is 16.6. The first-order chi connectivity index (χ1) is 32.6. The van der Waals surface area contributed by atoms with Crippen LogP contribution in [0.25, 0.3) is 0 Å².